The number of carbonyl (C=O) groups is 2. The topological polar surface area (TPSA) is 43.4 Å². The summed E-state index contributed by atoms with van der Waals surface area (Å²) in [5, 5.41) is 0.149. The highest BCUT2D eigenvalue weighted by Gasteiger charge is 2.41. The van der Waals surface area contributed by atoms with Crippen molar-refractivity contribution in [3.63, 3.8) is 0 Å². The third-order valence-corrected chi connectivity index (χ3v) is 6.73. The highest BCUT2D eigenvalue weighted by atomic mass is 79.9. The molecule has 1 fully saturated rings. The van der Waals surface area contributed by atoms with Crippen LogP contribution in [0, 0.1) is 5.92 Å². The molecule has 0 aromatic heterocycles. The third-order valence-electron chi connectivity index (χ3n) is 4.57. The van der Waals surface area contributed by atoms with Crippen LogP contribution in [0.2, 0.25) is 0 Å². The number of hydrogen-bond acceptors (Lipinski definition) is 4. The normalized spacial score (nSPS) is 22.2. The van der Waals surface area contributed by atoms with Crippen LogP contribution >= 0.6 is 27.7 Å². The van der Waals surface area contributed by atoms with Crippen molar-refractivity contribution >= 4 is 39.4 Å². The second kappa shape index (κ2) is 8.87. The van der Waals surface area contributed by atoms with E-state index in [4.69, 9.17) is 4.74 Å². The molecule has 0 radical (unpaired) electrons. The molecule has 5 heteroatoms. The van der Waals surface area contributed by atoms with Crippen LogP contribution in [0.25, 0.3) is 0 Å². The Morgan fingerprint density at radius 3 is 2.46 bits per heavy atom. The van der Waals surface area contributed by atoms with Crippen LogP contribution in [-0.4, -0.2) is 23.6 Å². The Balaban J connectivity index is 1.82. The van der Waals surface area contributed by atoms with Crippen molar-refractivity contribution in [1.29, 1.82) is 0 Å². The van der Waals surface area contributed by atoms with Gasteiger partial charge in [-0.2, -0.15) is 0 Å². The first-order chi connectivity index (χ1) is 12.6. The first kappa shape index (κ1) is 19.2. The van der Waals surface area contributed by atoms with E-state index in [1.54, 1.807) is 18.7 Å². The molecule has 0 amide bonds. The average Bonchev–Trinajstić information content (AvgIpc) is 3.06. The van der Waals surface area contributed by atoms with Crippen LogP contribution < -0.4 is 0 Å². The predicted molar refractivity (Wildman–Crippen MR) is 108 cm³/mol. The molecular weight excluding hydrogens is 412 g/mol. The van der Waals surface area contributed by atoms with Crippen molar-refractivity contribution in [3.05, 3.63) is 70.2 Å². The largest absolute Gasteiger partial charge is 0.466 e. The number of carbonyl (C=O) groups excluding carboxylic acids is 2. The Hall–Kier alpha value is -1.59. The first-order valence-corrected chi connectivity index (χ1v) is 10.5. The van der Waals surface area contributed by atoms with Gasteiger partial charge in [-0.15, -0.1) is 11.8 Å². The van der Waals surface area contributed by atoms with Crippen LogP contribution in [-0.2, 0) is 9.53 Å². The molecule has 1 aliphatic heterocycles. The molecular formula is C21H21BrO3S. The number of halogens is 1. The zero-order valence-electron chi connectivity index (χ0n) is 14.6. The van der Waals surface area contributed by atoms with E-state index in [-0.39, 0.29) is 34.6 Å². The number of thioether (sulfide) groups is 1. The summed E-state index contributed by atoms with van der Waals surface area (Å²) in [5.74, 6) is -0.292. The molecule has 0 unspecified atom stereocenters. The van der Waals surface area contributed by atoms with Gasteiger partial charge in [0.25, 0.3) is 0 Å². The molecule has 136 valence electrons. The van der Waals surface area contributed by atoms with Crippen LogP contribution in [0.3, 0.4) is 0 Å². The fourth-order valence-electron chi connectivity index (χ4n) is 3.30. The fourth-order valence-corrected chi connectivity index (χ4v) is 5.28. The molecule has 1 heterocycles. The van der Waals surface area contributed by atoms with E-state index in [0.717, 1.165) is 10.9 Å². The monoisotopic (exact) mass is 432 g/mol. The van der Waals surface area contributed by atoms with E-state index >= 15 is 0 Å². The lowest BCUT2D eigenvalue weighted by Crippen LogP contribution is -2.25. The van der Waals surface area contributed by atoms with E-state index in [2.05, 4.69) is 28.1 Å². The standard InChI is InChI=1S/C21H21BrO3S/c1-2-25-20(23)13-19-17(21(24)15-6-4-3-5-7-15)12-18(26-19)14-8-10-16(22)11-9-14/h3-11,17-19H,2,12-13H2,1H3/t17-,18+,19+/m0/s1. The minimum absolute atomic E-state index is 0.0598. The van der Waals surface area contributed by atoms with Gasteiger partial charge >= 0.3 is 5.97 Å². The summed E-state index contributed by atoms with van der Waals surface area (Å²) in [6, 6.07) is 17.6. The number of esters is 1. The van der Waals surface area contributed by atoms with E-state index < -0.39 is 0 Å². The molecule has 1 aliphatic rings. The highest BCUT2D eigenvalue weighted by molar-refractivity contribution is 9.10. The highest BCUT2D eigenvalue weighted by Crippen LogP contribution is 2.50. The van der Waals surface area contributed by atoms with E-state index in [0.29, 0.717) is 12.2 Å². The zero-order chi connectivity index (χ0) is 18.5. The Morgan fingerprint density at radius 1 is 1.12 bits per heavy atom. The van der Waals surface area contributed by atoms with Gasteiger partial charge in [-0.05, 0) is 31.0 Å². The first-order valence-electron chi connectivity index (χ1n) is 8.74. The molecule has 3 atom stereocenters. The van der Waals surface area contributed by atoms with Gasteiger partial charge in [0.15, 0.2) is 5.78 Å². The van der Waals surface area contributed by atoms with Gasteiger partial charge in [-0.25, -0.2) is 0 Å². The summed E-state index contributed by atoms with van der Waals surface area (Å²) in [6.45, 7) is 2.17. The van der Waals surface area contributed by atoms with Crippen molar-refractivity contribution in [2.75, 3.05) is 6.61 Å². The lowest BCUT2D eigenvalue weighted by molar-refractivity contribution is -0.143. The zero-order valence-corrected chi connectivity index (χ0v) is 17.0. The number of benzene rings is 2. The second-order valence-electron chi connectivity index (χ2n) is 6.30. The van der Waals surface area contributed by atoms with E-state index in [9.17, 15) is 9.59 Å². The lowest BCUT2D eigenvalue weighted by atomic mass is 9.88. The van der Waals surface area contributed by atoms with Gasteiger partial charge in [0.05, 0.1) is 13.0 Å². The van der Waals surface area contributed by atoms with E-state index in [1.165, 1.54) is 5.56 Å². The molecule has 26 heavy (non-hydrogen) atoms. The van der Waals surface area contributed by atoms with Crippen LogP contribution in [0.4, 0.5) is 0 Å². The van der Waals surface area contributed by atoms with Gasteiger partial charge in [0, 0.05) is 26.5 Å². The van der Waals surface area contributed by atoms with Crippen LogP contribution in [0.5, 0.6) is 0 Å². The van der Waals surface area contributed by atoms with Crippen molar-refractivity contribution < 1.29 is 14.3 Å². The Labute approximate surface area is 166 Å². The molecule has 2 aromatic carbocycles. The van der Waals surface area contributed by atoms with Crippen molar-refractivity contribution in [3.8, 4) is 0 Å². The summed E-state index contributed by atoms with van der Waals surface area (Å²) >= 11 is 5.18. The lowest BCUT2D eigenvalue weighted by Gasteiger charge is -2.16. The SMILES string of the molecule is CCOC(=O)C[C@H]1S[C@@H](c2ccc(Br)cc2)C[C@@H]1C(=O)c1ccccc1. The second-order valence-corrected chi connectivity index (χ2v) is 8.66. The minimum atomic E-state index is -0.229. The molecule has 0 spiro atoms. The summed E-state index contributed by atoms with van der Waals surface area (Å²) in [5.41, 5.74) is 1.90. The molecule has 0 saturated carbocycles. The Kier molecular flexibility index (Phi) is 6.54. The minimum Gasteiger partial charge on any atom is -0.466 e. The van der Waals surface area contributed by atoms with Crippen molar-refractivity contribution in [2.24, 2.45) is 5.92 Å². The fraction of sp³-hybridized carbons (Fsp3) is 0.333. The third kappa shape index (κ3) is 4.57. The number of rotatable bonds is 6. The summed E-state index contributed by atoms with van der Waals surface area (Å²) in [6.07, 6.45) is 1.01. The number of ketones is 1. The average molecular weight is 433 g/mol. The van der Waals surface area contributed by atoms with E-state index in [1.807, 2.05) is 42.5 Å². The predicted octanol–water partition coefficient (Wildman–Crippen LogP) is 5.45. The maximum absolute atomic E-state index is 13.1. The van der Waals surface area contributed by atoms with Gasteiger partial charge in [-0.3, -0.25) is 9.59 Å². The van der Waals surface area contributed by atoms with Crippen LogP contribution in [0.1, 0.15) is 40.9 Å². The summed E-state index contributed by atoms with van der Waals surface area (Å²) in [4.78, 5) is 25.1. The summed E-state index contributed by atoms with van der Waals surface area (Å²) < 4.78 is 6.16. The smallest absolute Gasteiger partial charge is 0.306 e. The quantitative estimate of drug-likeness (QED) is 0.449. The molecule has 0 bridgehead atoms. The molecule has 3 nitrogen and oxygen atoms in total. The number of hydrogen-bond donors (Lipinski definition) is 0. The Bertz CT molecular complexity index is 761. The van der Waals surface area contributed by atoms with Crippen molar-refractivity contribution in [1.82, 2.24) is 0 Å². The molecule has 0 N–H and O–H groups in total. The summed E-state index contributed by atoms with van der Waals surface area (Å²) in [7, 11) is 0. The number of Topliss-reactive ketones (excluding diaryl/α,β-unsaturated/α-hetero) is 1. The van der Waals surface area contributed by atoms with Crippen molar-refractivity contribution in [2.45, 2.75) is 30.3 Å². The Morgan fingerprint density at radius 2 is 1.81 bits per heavy atom. The van der Waals surface area contributed by atoms with Gasteiger partial charge < -0.3 is 4.74 Å². The van der Waals surface area contributed by atoms with Crippen LogP contribution in [0.15, 0.2) is 59.1 Å². The van der Waals surface area contributed by atoms with Gasteiger partial charge in [0.2, 0.25) is 0 Å². The molecule has 0 aliphatic carbocycles. The maximum Gasteiger partial charge on any atom is 0.306 e. The van der Waals surface area contributed by atoms with Gasteiger partial charge in [0.1, 0.15) is 0 Å². The molecule has 1 saturated heterocycles. The van der Waals surface area contributed by atoms with Gasteiger partial charge in [-0.1, -0.05) is 58.4 Å². The molecule has 2 aromatic rings. The molecule has 3 rings (SSSR count). The maximum atomic E-state index is 13.1. The number of ether oxygens (including phenoxy) is 1.